The third-order valence-electron chi connectivity index (χ3n) is 2.46. The molecular weight excluding hydrogens is 234 g/mol. The van der Waals surface area contributed by atoms with Gasteiger partial charge in [0, 0.05) is 32.0 Å². The van der Waals surface area contributed by atoms with Gasteiger partial charge in [-0.15, -0.1) is 0 Å². The number of rotatable bonds is 9. The molecule has 0 amide bonds. The maximum absolute atomic E-state index is 8.64. The van der Waals surface area contributed by atoms with Crippen molar-refractivity contribution in [3.8, 4) is 0 Å². The quantitative estimate of drug-likeness (QED) is 0.657. The van der Waals surface area contributed by atoms with Crippen LogP contribution in [0.15, 0.2) is 6.07 Å². The molecule has 0 aliphatic rings. The van der Waals surface area contributed by atoms with Crippen molar-refractivity contribution >= 4 is 11.8 Å². The molecule has 1 heterocycles. The Kier molecular flexibility index (Phi) is 7.32. The fourth-order valence-electron chi connectivity index (χ4n) is 1.64. The van der Waals surface area contributed by atoms with Crippen molar-refractivity contribution in [1.82, 2.24) is 15.1 Å². The Morgan fingerprint density at radius 3 is 3.00 bits per heavy atom. The molecule has 1 aromatic rings. The fraction of sp³-hybridized carbons (Fsp3) is 0.750. The minimum atomic E-state index is 0.301. The van der Waals surface area contributed by atoms with Gasteiger partial charge in [0.05, 0.1) is 11.4 Å². The molecule has 0 aliphatic heterocycles. The molecule has 17 heavy (non-hydrogen) atoms. The van der Waals surface area contributed by atoms with Crippen LogP contribution in [0.3, 0.4) is 0 Å². The molecule has 0 fully saturated rings. The van der Waals surface area contributed by atoms with Crippen molar-refractivity contribution in [2.45, 2.75) is 33.4 Å². The summed E-state index contributed by atoms with van der Waals surface area (Å²) < 4.78 is 2.04. The molecule has 0 aliphatic carbocycles. The zero-order valence-electron chi connectivity index (χ0n) is 10.8. The van der Waals surface area contributed by atoms with Gasteiger partial charge in [0.1, 0.15) is 0 Å². The maximum Gasteiger partial charge on any atom is 0.0597 e. The highest BCUT2D eigenvalue weighted by Gasteiger charge is 2.02. The number of nitrogens with one attached hydrogen (secondary N) is 1. The van der Waals surface area contributed by atoms with E-state index in [2.05, 4.69) is 23.4 Å². The second-order valence-electron chi connectivity index (χ2n) is 3.96. The van der Waals surface area contributed by atoms with E-state index in [1.54, 1.807) is 0 Å². The van der Waals surface area contributed by atoms with E-state index in [0.29, 0.717) is 6.61 Å². The summed E-state index contributed by atoms with van der Waals surface area (Å²) >= 11 is 1.88. The molecule has 0 unspecified atom stereocenters. The number of thioether (sulfide) groups is 1. The van der Waals surface area contributed by atoms with Crippen LogP contribution in [0.25, 0.3) is 0 Å². The number of aliphatic hydroxyl groups excluding tert-OH is 1. The minimum Gasteiger partial charge on any atom is -0.396 e. The summed E-state index contributed by atoms with van der Waals surface area (Å²) in [7, 11) is 0. The highest BCUT2D eigenvalue weighted by Crippen LogP contribution is 2.04. The van der Waals surface area contributed by atoms with Crippen molar-refractivity contribution in [2.75, 3.05) is 24.7 Å². The van der Waals surface area contributed by atoms with Crippen LogP contribution < -0.4 is 5.32 Å². The first kappa shape index (κ1) is 14.5. The Bertz CT molecular complexity index is 315. The van der Waals surface area contributed by atoms with Gasteiger partial charge in [0.25, 0.3) is 0 Å². The van der Waals surface area contributed by atoms with Crippen molar-refractivity contribution in [3.63, 3.8) is 0 Å². The van der Waals surface area contributed by atoms with E-state index >= 15 is 0 Å². The van der Waals surface area contributed by atoms with Gasteiger partial charge < -0.3 is 10.4 Å². The zero-order chi connectivity index (χ0) is 12.5. The summed E-state index contributed by atoms with van der Waals surface area (Å²) in [6.45, 7) is 7.26. The van der Waals surface area contributed by atoms with Gasteiger partial charge in [-0.3, -0.25) is 4.68 Å². The van der Waals surface area contributed by atoms with E-state index in [9.17, 15) is 0 Å². The van der Waals surface area contributed by atoms with Crippen LogP contribution in [-0.2, 0) is 13.1 Å². The zero-order valence-corrected chi connectivity index (χ0v) is 11.6. The van der Waals surface area contributed by atoms with Gasteiger partial charge in [-0.05, 0) is 32.1 Å². The van der Waals surface area contributed by atoms with Crippen molar-refractivity contribution < 1.29 is 5.11 Å². The van der Waals surface area contributed by atoms with Crippen LogP contribution in [0.1, 0.15) is 24.7 Å². The molecule has 0 radical (unpaired) electrons. The first-order valence-corrected chi connectivity index (χ1v) is 7.36. The normalized spacial score (nSPS) is 11.0. The highest BCUT2D eigenvalue weighted by atomic mass is 32.2. The monoisotopic (exact) mass is 257 g/mol. The highest BCUT2D eigenvalue weighted by molar-refractivity contribution is 7.99. The first-order valence-electron chi connectivity index (χ1n) is 6.20. The minimum absolute atomic E-state index is 0.301. The van der Waals surface area contributed by atoms with Gasteiger partial charge in [0.15, 0.2) is 0 Å². The summed E-state index contributed by atoms with van der Waals surface area (Å²) in [5.41, 5.74) is 2.34. The topological polar surface area (TPSA) is 50.1 Å². The fourth-order valence-corrected chi connectivity index (χ4v) is 2.47. The lowest BCUT2D eigenvalue weighted by atomic mass is 10.3. The van der Waals surface area contributed by atoms with E-state index < -0.39 is 0 Å². The molecule has 98 valence electrons. The standard InChI is InChI=1S/C12H23N3OS/c1-3-15-12(9-11(2)14-15)10-13-5-8-17-7-4-6-16/h9,13,16H,3-8,10H2,1-2H3. The number of hydrogen-bond donors (Lipinski definition) is 2. The lowest BCUT2D eigenvalue weighted by Gasteiger charge is -2.06. The van der Waals surface area contributed by atoms with Gasteiger partial charge in [0.2, 0.25) is 0 Å². The number of nitrogens with zero attached hydrogens (tertiary/aromatic N) is 2. The van der Waals surface area contributed by atoms with Crippen LogP contribution in [0.2, 0.25) is 0 Å². The molecule has 0 atom stereocenters. The summed E-state index contributed by atoms with van der Waals surface area (Å²) in [6, 6.07) is 2.13. The molecule has 0 bridgehead atoms. The Labute approximate surface area is 108 Å². The summed E-state index contributed by atoms with van der Waals surface area (Å²) in [5, 5.41) is 16.5. The van der Waals surface area contributed by atoms with Crippen LogP contribution in [0, 0.1) is 6.92 Å². The van der Waals surface area contributed by atoms with E-state index in [0.717, 1.165) is 43.3 Å². The second kappa shape index (κ2) is 8.55. The van der Waals surface area contributed by atoms with Gasteiger partial charge in [-0.25, -0.2) is 0 Å². The van der Waals surface area contributed by atoms with Crippen LogP contribution in [-0.4, -0.2) is 39.5 Å². The first-order chi connectivity index (χ1) is 8.27. The number of hydrogen-bond acceptors (Lipinski definition) is 4. The molecule has 1 aromatic heterocycles. The summed E-state index contributed by atoms with van der Waals surface area (Å²) in [5.74, 6) is 2.14. The summed E-state index contributed by atoms with van der Waals surface area (Å²) in [4.78, 5) is 0. The third kappa shape index (κ3) is 5.57. The molecule has 5 heteroatoms. The van der Waals surface area contributed by atoms with Crippen molar-refractivity contribution in [3.05, 3.63) is 17.5 Å². The van der Waals surface area contributed by atoms with Gasteiger partial charge in [-0.2, -0.15) is 16.9 Å². The van der Waals surface area contributed by atoms with Crippen molar-refractivity contribution in [1.29, 1.82) is 0 Å². The van der Waals surface area contributed by atoms with Crippen molar-refractivity contribution in [2.24, 2.45) is 0 Å². The van der Waals surface area contributed by atoms with Gasteiger partial charge in [-0.1, -0.05) is 0 Å². The molecule has 4 nitrogen and oxygen atoms in total. The molecule has 0 aromatic carbocycles. The van der Waals surface area contributed by atoms with E-state index in [-0.39, 0.29) is 0 Å². The smallest absolute Gasteiger partial charge is 0.0597 e. The Balaban J connectivity index is 2.13. The molecule has 0 spiro atoms. The predicted molar refractivity (Wildman–Crippen MR) is 73.4 cm³/mol. The average Bonchev–Trinajstić information content (AvgIpc) is 2.68. The van der Waals surface area contributed by atoms with Crippen LogP contribution in [0.5, 0.6) is 0 Å². The third-order valence-corrected chi connectivity index (χ3v) is 3.53. The number of aryl methyl sites for hydroxylation is 2. The number of aliphatic hydroxyl groups is 1. The summed E-state index contributed by atoms with van der Waals surface area (Å²) in [6.07, 6.45) is 0.895. The molecule has 1 rings (SSSR count). The SMILES string of the molecule is CCn1nc(C)cc1CNCCSCCCO. The molecule has 2 N–H and O–H groups in total. The Morgan fingerprint density at radius 2 is 2.29 bits per heavy atom. The molecule has 0 saturated heterocycles. The second-order valence-corrected chi connectivity index (χ2v) is 5.18. The lowest BCUT2D eigenvalue weighted by Crippen LogP contribution is -2.19. The number of aromatic nitrogens is 2. The maximum atomic E-state index is 8.64. The predicted octanol–water partition coefficient (Wildman–Crippen LogP) is 1.42. The Morgan fingerprint density at radius 1 is 1.47 bits per heavy atom. The van der Waals surface area contributed by atoms with E-state index in [4.69, 9.17) is 5.11 Å². The van der Waals surface area contributed by atoms with Gasteiger partial charge >= 0.3 is 0 Å². The Hall–Kier alpha value is -0.520. The van der Waals surface area contributed by atoms with Crippen LogP contribution >= 0.6 is 11.8 Å². The molecule has 0 saturated carbocycles. The van der Waals surface area contributed by atoms with E-state index in [1.807, 2.05) is 23.4 Å². The lowest BCUT2D eigenvalue weighted by molar-refractivity contribution is 0.296. The van der Waals surface area contributed by atoms with E-state index in [1.165, 1.54) is 5.69 Å². The van der Waals surface area contributed by atoms with Crippen LogP contribution in [0.4, 0.5) is 0 Å². The molecular formula is C12H23N3OS. The average molecular weight is 257 g/mol. The largest absolute Gasteiger partial charge is 0.396 e.